The fourth-order valence-electron chi connectivity index (χ4n) is 2.72. The van der Waals surface area contributed by atoms with Crippen molar-refractivity contribution in [3.63, 3.8) is 0 Å². The van der Waals surface area contributed by atoms with Crippen LogP contribution in [-0.2, 0) is 19.4 Å². The standard InChI is InChI=1S/C16H22N4/c1-12-3-5-14(6-4-12)17-9-7-15-18-19-16-11-13(2)8-10-20(15)16/h3-6,13,17H,7-11H2,1-2H3. The molecule has 0 bridgehead atoms. The van der Waals surface area contributed by atoms with Gasteiger partial charge in [0.25, 0.3) is 0 Å². The van der Waals surface area contributed by atoms with E-state index in [9.17, 15) is 0 Å². The summed E-state index contributed by atoms with van der Waals surface area (Å²) in [6.45, 7) is 6.37. The third-order valence-electron chi connectivity index (χ3n) is 4.01. The highest BCUT2D eigenvalue weighted by Gasteiger charge is 2.19. The summed E-state index contributed by atoms with van der Waals surface area (Å²) in [6, 6.07) is 8.50. The monoisotopic (exact) mass is 270 g/mol. The van der Waals surface area contributed by atoms with E-state index in [0.717, 1.165) is 43.5 Å². The summed E-state index contributed by atoms with van der Waals surface area (Å²) in [7, 11) is 0. The van der Waals surface area contributed by atoms with Crippen molar-refractivity contribution in [1.29, 1.82) is 0 Å². The highest BCUT2D eigenvalue weighted by atomic mass is 15.3. The lowest BCUT2D eigenvalue weighted by Gasteiger charge is -2.20. The first kappa shape index (κ1) is 13.2. The van der Waals surface area contributed by atoms with Crippen LogP contribution in [0.1, 0.15) is 30.6 Å². The molecule has 0 amide bonds. The minimum absolute atomic E-state index is 0.741. The van der Waals surface area contributed by atoms with Crippen LogP contribution < -0.4 is 5.32 Å². The van der Waals surface area contributed by atoms with Gasteiger partial charge in [0, 0.05) is 31.6 Å². The zero-order chi connectivity index (χ0) is 13.9. The molecule has 0 spiro atoms. The van der Waals surface area contributed by atoms with Crippen LogP contribution in [0.4, 0.5) is 5.69 Å². The van der Waals surface area contributed by atoms with Crippen molar-refractivity contribution in [2.45, 2.75) is 39.7 Å². The Bertz CT molecular complexity index is 571. The molecular formula is C16H22N4. The first-order valence-electron chi connectivity index (χ1n) is 7.44. The van der Waals surface area contributed by atoms with Gasteiger partial charge in [0.2, 0.25) is 0 Å². The molecular weight excluding hydrogens is 248 g/mol. The zero-order valence-corrected chi connectivity index (χ0v) is 12.3. The summed E-state index contributed by atoms with van der Waals surface area (Å²) in [5.74, 6) is 3.02. The maximum absolute atomic E-state index is 4.35. The number of rotatable bonds is 4. The molecule has 1 N–H and O–H groups in total. The summed E-state index contributed by atoms with van der Waals surface area (Å²) in [5, 5.41) is 12.1. The van der Waals surface area contributed by atoms with E-state index < -0.39 is 0 Å². The summed E-state index contributed by atoms with van der Waals surface area (Å²) in [4.78, 5) is 0. The third kappa shape index (κ3) is 2.84. The van der Waals surface area contributed by atoms with E-state index in [1.807, 2.05) is 0 Å². The molecule has 0 saturated heterocycles. The van der Waals surface area contributed by atoms with E-state index in [1.54, 1.807) is 0 Å². The number of aryl methyl sites for hydroxylation is 1. The summed E-state index contributed by atoms with van der Waals surface area (Å²) in [5.41, 5.74) is 2.46. The smallest absolute Gasteiger partial charge is 0.134 e. The SMILES string of the molecule is Cc1ccc(NCCc2nnc3n2CCC(C)C3)cc1. The number of nitrogens with one attached hydrogen (secondary N) is 1. The van der Waals surface area contributed by atoms with Gasteiger partial charge in [0.1, 0.15) is 11.6 Å². The van der Waals surface area contributed by atoms with Crippen LogP contribution >= 0.6 is 0 Å². The van der Waals surface area contributed by atoms with E-state index in [2.05, 4.69) is 58.2 Å². The van der Waals surface area contributed by atoms with Crippen molar-refractivity contribution in [2.75, 3.05) is 11.9 Å². The van der Waals surface area contributed by atoms with Gasteiger partial charge in [0.05, 0.1) is 0 Å². The number of fused-ring (bicyclic) bond motifs is 1. The Balaban J connectivity index is 1.58. The second-order valence-electron chi connectivity index (χ2n) is 5.82. The summed E-state index contributed by atoms with van der Waals surface area (Å²) < 4.78 is 2.30. The van der Waals surface area contributed by atoms with Crippen LogP contribution in [0.3, 0.4) is 0 Å². The lowest BCUT2D eigenvalue weighted by atomic mass is 10.0. The predicted octanol–water partition coefficient (Wildman–Crippen LogP) is 2.82. The van der Waals surface area contributed by atoms with Crippen LogP contribution in [0, 0.1) is 12.8 Å². The summed E-state index contributed by atoms with van der Waals surface area (Å²) in [6.07, 6.45) is 3.23. The topological polar surface area (TPSA) is 42.7 Å². The molecule has 0 fully saturated rings. The Morgan fingerprint density at radius 1 is 1.25 bits per heavy atom. The molecule has 2 heterocycles. The molecule has 1 unspecified atom stereocenters. The number of aromatic nitrogens is 3. The van der Waals surface area contributed by atoms with E-state index in [1.165, 1.54) is 17.7 Å². The number of anilines is 1. The molecule has 1 atom stereocenters. The molecule has 4 nitrogen and oxygen atoms in total. The first-order valence-corrected chi connectivity index (χ1v) is 7.44. The van der Waals surface area contributed by atoms with E-state index in [0.29, 0.717) is 0 Å². The van der Waals surface area contributed by atoms with Gasteiger partial charge >= 0.3 is 0 Å². The average Bonchev–Trinajstić information content (AvgIpc) is 2.83. The molecule has 1 aliphatic heterocycles. The molecule has 0 saturated carbocycles. The highest BCUT2D eigenvalue weighted by Crippen LogP contribution is 2.19. The van der Waals surface area contributed by atoms with Gasteiger partial charge in [-0.1, -0.05) is 24.6 Å². The molecule has 2 aromatic rings. The largest absolute Gasteiger partial charge is 0.385 e. The molecule has 20 heavy (non-hydrogen) atoms. The van der Waals surface area contributed by atoms with Gasteiger partial charge < -0.3 is 9.88 Å². The fraction of sp³-hybridized carbons (Fsp3) is 0.500. The van der Waals surface area contributed by atoms with Crippen LogP contribution in [0.5, 0.6) is 0 Å². The fourth-order valence-corrected chi connectivity index (χ4v) is 2.72. The Hall–Kier alpha value is -1.84. The van der Waals surface area contributed by atoms with Crippen molar-refractivity contribution in [3.05, 3.63) is 41.5 Å². The Morgan fingerprint density at radius 2 is 2.05 bits per heavy atom. The third-order valence-corrected chi connectivity index (χ3v) is 4.01. The Morgan fingerprint density at radius 3 is 2.85 bits per heavy atom. The maximum atomic E-state index is 4.35. The van der Waals surface area contributed by atoms with Gasteiger partial charge in [-0.2, -0.15) is 0 Å². The van der Waals surface area contributed by atoms with Gasteiger partial charge in [-0.25, -0.2) is 0 Å². The van der Waals surface area contributed by atoms with E-state index in [-0.39, 0.29) is 0 Å². The minimum Gasteiger partial charge on any atom is -0.385 e. The molecule has 1 aliphatic rings. The van der Waals surface area contributed by atoms with E-state index in [4.69, 9.17) is 0 Å². The second kappa shape index (κ2) is 5.65. The molecule has 3 rings (SSSR count). The number of nitrogens with zero attached hydrogens (tertiary/aromatic N) is 3. The van der Waals surface area contributed by atoms with Gasteiger partial charge in [-0.15, -0.1) is 10.2 Å². The lowest BCUT2D eigenvalue weighted by molar-refractivity contribution is 0.403. The van der Waals surface area contributed by atoms with Crippen molar-refractivity contribution in [3.8, 4) is 0 Å². The predicted molar refractivity (Wildman–Crippen MR) is 80.9 cm³/mol. The Kier molecular flexibility index (Phi) is 3.72. The molecule has 0 aliphatic carbocycles. The molecule has 106 valence electrons. The van der Waals surface area contributed by atoms with Gasteiger partial charge in [-0.05, 0) is 31.4 Å². The van der Waals surface area contributed by atoms with Crippen molar-refractivity contribution < 1.29 is 0 Å². The quantitative estimate of drug-likeness (QED) is 0.929. The van der Waals surface area contributed by atoms with E-state index >= 15 is 0 Å². The lowest BCUT2D eigenvalue weighted by Crippen LogP contribution is -2.20. The molecule has 1 aromatic heterocycles. The second-order valence-corrected chi connectivity index (χ2v) is 5.82. The van der Waals surface area contributed by atoms with Crippen molar-refractivity contribution >= 4 is 5.69 Å². The normalized spacial score (nSPS) is 17.8. The van der Waals surface area contributed by atoms with Crippen LogP contribution in [0.25, 0.3) is 0 Å². The molecule has 0 radical (unpaired) electrons. The Labute approximate surface area is 120 Å². The summed E-state index contributed by atoms with van der Waals surface area (Å²) >= 11 is 0. The molecule has 1 aromatic carbocycles. The minimum atomic E-state index is 0.741. The van der Waals surface area contributed by atoms with Gasteiger partial charge in [-0.3, -0.25) is 0 Å². The van der Waals surface area contributed by atoms with Crippen molar-refractivity contribution in [2.24, 2.45) is 5.92 Å². The van der Waals surface area contributed by atoms with Crippen LogP contribution in [0.15, 0.2) is 24.3 Å². The van der Waals surface area contributed by atoms with Gasteiger partial charge in [0.15, 0.2) is 0 Å². The number of hydrogen-bond acceptors (Lipinski definition) is 3. The first-order chi connectivity index (χ1) is 9.72. The number of benzene rings is 1. The highest BCUT2D eigenvalue weighted by molar-refractivity contribution is 5.44. The van der Waals surface area contributed by atoms with Crippen LogP contribution in [0.2, 0.25) is 0 Å². The average molecular weight is 270 g/mol. The maximum Gasteiger partial charge on any atom is 0.134 e. The number of hydrogen-bond donors (Lipinski definition) is 1. The van der Waals surface area contributed by atoms with Crippen LogP contribution in [-0.4, -0.2) is 21.3 Å². The van der Waals surface area contributed by atoms with Crippen molar-refractivity contribution in [1.82, 2.24) is 14.8 Å². The zero-order valence-electron chi connectivity index (χ0n) is 12.3. The molecule has 4 heteroatoms.